The fourth-order valence-electron chi connectivity index (χ4n) is 1.56. The maximum atomic E-state index is 12.0. The lowest BCUT2D eigenvalue weighted by Gasteiger charge is -2.10. The summed E-state index contributed by atoms with van der Waals surface area (Å²) in [6.45, 7) is 1.58. The number of rotatable bonds is 3. The van der Waals surface area contributed by atoms with E-state index < -0.39 is 11.9 Å². The van der Waals surface area contributed by atoms with Crippen LogP contribution in [0, 0.1) is 6.92 Å². The van der Waals surface area contributed by atoms with Gasteiger partial charge in [-0.25, -0.2) is 9.78 Å². The molecule has 0 saturated heterocycles. The third-order valence-corrected chi connectivity index (χ3v) is 2.99. The first-order valence-electron chi connectivity index (χ1n) is 5.34. The van der Waals surface area contributed by atoms with E-state index in [4.69, 9.17) is 32.7 Å². The van der Waals surface area contributed by atoms with Crippen molar-refractivity contribution in [3.05, 3.63) is 45.6 Å². The highest BCUT2D eigenvalue weighted by Crippen LogP contribution is 2.30. The fourth-order valence-corrected chi connectivity index (χ4v) is 2.10. The number of hydrogen-bond acceptors (Lipinski definition) is 4. The van der Waals surface area contributed by atoms with Gasteiger partial charge in [-0.1, -0.05) is 23.2 Å². The third-order valence-electron chi connectivity index (χ3n) is 2.48. The predicted octanol–water partition coefficient (Wildman–Crippen LogP) is 3.24. The van der Waals surface area contributed by atoms with Crippen molar-refractivity contribution in [3.8, 4) is 0 Å². The van der Waals surface area contributed by atoms with E-state index in [9.17, 15) is 9.59 Å². The number of carbonyl (C=O) groups excluding carboxylic acids is 1. The summed E-state index contributed by atoms with van der Waals surface area (Å²) in [5, 5.41) is 11.7. The molecule has 0 bridgehead atoms. The van der Waals surface area contributed by atoms with E-state index in [1.807, 2.05) is 0 Å². The van der Waals surface area contributed by atoms with Gasteiger partial charge in [-0.15, -0.1) is 0 Å². The van der Waals surface area contributed by atoms with Crippen LogP contribution < -0.4 is 5.32 Å². The van der Waals surface area contributed by atoms with Crippen LogP contribution in [0.15, 0.2) is 22.9 Å². The Morgan fingerprint density at radius 2 is 2.05 bits per heavy atom. The summed E-state index contributed by atoms with van der Waals surface area (Å²) < 4.78 is 4.92. The summed E-state index contributed by atoms with van der Waals surface area (Å²) in [5.41, 5.74) is 0.113. The third kappa shape index (κ3) is 2.76. The molecule has 0 aliphatic heterocycles. The molecule has 0 radical (unpaired) electrons. The lowest BCUT2D eigenvalue weighted by Crippen LogP contribution is -2.15. The topological polar surface area (TPSA) is 92.4 Å². The van der Waals surface area contributed by atoms with Gasteiger partial charge < -0.3 is 14.8 Å². The molecular weight excluding hydrogens is 307 g/mol. The number of carboxylic acid groups (broad SMARTS) is 1. The number of oxazole rings is 1. The van der Waals surface area contributed by atoms with Gasteiger partial charge in [0, 0.05) is 5.02 Å². The predicted molar refractivity (Wildman–Crippen MR) is 72.6 cm³/mol. The van der Waals surface area contributed by atoms with Crippen molar-refractivity contribution >= 4 is 40.8 Å². The number of carbonyl (C=O) groups is 2. The minimum atomic E-state index is -1.26. The standard InChI is InChI=1S/C12H8Cl2N2O4/c1-5-10(20-4-15-5)11(17)16-9-7(12(18)19)2-6(13)3-8(9)14/h2-4H,1H3,(H,16,17)(H,18,19). The van der Waals surface area contributed by atoms with Gasteiger partial charge in [0.1, 0.15) is 0 Å². The monoisotopic (exact) mass is 314 g/mol. The minimum absolute atomic E-state index is 0.0143. The number of amides is 1. The second-order valence-corrected chi connectivity index (χ2v) is 4.68. The molecule has 2 aromatic rings. The molecule has 8 heteroatoms. The highest BCUT2D eigenvalue weighted by Gasteiger charge is 2.20. The molecule has 1 aromatic heterocycles. The van der Waals surface area contributed by atoms with Gasteiger partial charge in [-0.05, 0) is 19.1 Å². The van der Waals surface area contributed by atoms with Crippen molar-refractivity contribution in [2.75, 3.05) is 5.32 Å². The highest BCUT2D eigenvalue weighted by atomic mass is 35.5. The van der Waals surface area contributed by atoms with Crippen molar-refractivity contribution in [2.45, 2.75) is 6.92 Å². The van der Waals surface area contributed by atoms with E-state index in [0.29, 0.717) is 5.69 Å². The Morgan fingerprint density at radius 3 is 2.60 bits per heavy atom. The van der Waals surface area contributed by atoms with Gasteiger partial charge >= 0.3 is 5.97 Å². The average Bonchev–Trinajstić information content (AvgIpc) is 2.78. The minimum Gasteiger partial charge on any atom is -0.478 e. The van der Waals surface area contributed by atoms with Crippen LogP contribution in [0.4, 0.5) is 5.69 Å². The Morgan fingerprint density at radius 1 is 1.35 bits per heavy atom. The molecule has 2 N–H and O–H groups in total. The van der Waals surface area contributed by atoms with Gasteiger partial charge in [0.05, 0.1) is 22.0 Å². The second-order valence-electron chi connectivity index (χ2n) is 3.84. The van der Waals surface area contributed by atoms with Gasteiger partial charge in [0.25, 0.3) is 5.91 Å². The zero-order valence-electron chi connectivity index (χ0n) is 10.1. The van der Waals surface area contributed by atoms with Gasteiger partial charge in [0.15, 0.2) is 6.39 Å². The number of nitrogens with zero attached hydrogens (tertiary/aromatic N) is 1. The Hall–Kier alpha value is -2.05. The molecule has 0 unspecified atom stereocenters. The zero-order valence-corrected chi connectivity index (χ0v) is 11.6. The number of aromatic carboxylic acids is 1. The van der Waals surface area contributed by atoms with Crippen LogP contribution in [0.25, 0.3) is 0 Å². The molecule has 0 fully saturated rings. The molecule has 0 spiro atoms. The number of benzene rings is 1. The average molecular weight is 315 g/mol. The van der Waals surface area contributed by atoms with Crippen LogP contribution in [0.5, 0.6) is 0 Å². The molecule has 6 nitrogen and oxygen atoms in total. The first-order chi connectivity index (χ1) is 9.40. The van der Waals surface area contributed by atoms with E-state index in [1.54, 1.807) is 6.92 Å². The molecule has 0 saturated carbocycles. The van der Waals surface area contributed by atoms with E-state index >= 15 is 0 Å². The van der Waals surface area contributed by atoms with E-state index in [2.05, 4.69) is 10.3 Å². The van der Waals surface area contributed by atoms with Crippen LogP contribution in [-0.2, 0) is 0 Å². The summed E-state index contributed by atoms with van der Waals surface area (Å²) in [6.07, 6.45) is 1.12. The molecular formula is C12H8Cl2N2O4. The molecule has 2 rings (SSSR count). The normalized spacial score (nSPS) is 10.3. The maximum absolute atomic E-state index is 12.0. The van der Waals surface area contributed by atoms with Crippen LogP contribution in [0.1, 0.15) is 26.6 Å². The van der Waals surface area contributed by atoms with Gasteiger partial charge in [-0.2, -0.15) is 0 Å². The van der Waals surface area contributed by atoms with Crippen LogP contribution >= 0.6 is 23.2 Å². The lowest BCUT2D eigenvalue weighted by atomic mass is 10.1. The smallest absolute Gasteiger partial charge is 0.337 e. The largest absolute Gasteiger partial charge is 0.478 e. The number of anilines is 1. The second kappa shape index (κ2) is 5.52. The Kier molecular flexibility index (Phi) is 3.96. The summed E-state index contributed by atoms with van der Waals surface area (Å²) in [6, 6.07) is 2.52. The summed E-state index contributed by atoms with van der Waals surface area (Å²) >= 11 is 11.7. The summed E-state index contributed by atoms with van der Waals surface area (Å²) in [4.78, 5) is 26.9. The molecule has 0 aliphatic rings. The van der Waals surface area contributed by atoms with Crippen LogP contribution in [-0.4, -0.2) is 22.0 Å². The van der Waals surface area contributed by atoms with Crippen molar-refractivity contribution in [3.63, 3.8) is 0 Å². The fraction of sp³-hybridized carbons (Fsp3) is 0.0833. The molecule has 104 valence electrons. The number of halogens is 2. The number of aromatic nitrogens is 1. The van der Waals surface area contributed by atoms with Crippen molar-refractivity contribution in [1.82, 2.24) is 4.98 Å². The first-order valence-corrected chi connectivity index (χ1v) is 6.09. The SMILES string of the molecule is Cc1ncoc1C(=O)Nc1c(Cl)cc(Cl)cc1C(=O)O. The molecule has 0 aliphatic carbocycles. The molecule has 1 heterocycles. The van der Waals surface area contributed by atoms with Crippen LogP contribution in [0.2, 0.25) is 10.0 Å². The van der Waals surface area contributed by atoms with Crippen molar-refractivity contribution < 1.29 is 19.1 Å². The Balaban J connectivity index is 2.41. The maximum Gasteiger partial charge on any atom is 0.337 e. The number of nitrogens with one attached hydrogen (secondary N) is 1. The highest BCUT2D eigenvalue weighted by molar-refractivity contribution is 6.38. The zero-order chi connectivity index (χ0) is 14.9. The first kappa shape index (κ1) is 14.4. The van der Waals surface area contributed by atoms with E-state index in [0.717, 1.165) is 6.39 Å². The van der Waals surface area contributed by atoms with Gasteiger partial charge in [-0.3, -0.25) is 4.79 Å². The Labute approximate surface area is 123 Å². The van der Waals surface area contributed by atoms with Gasteiger partial charge in [0.2, 0.25) is 5.76 Å². The lowest BCUT2D eigenvalue weighted by molar-refractivity contribution is 0.0698. The molecule has 0 atom stereocenters. The molecule has 1 amide bonds. The van der Waals surface area contributed by atoms with E-state index in [-0.39, 0.29) is 27.1 Å². The van der Waals surface area contributed by atoms with E-state index in [1.165, 1.54) is 12.1 Å². The van der Waals surface area contributed by atoms with Crippen molar-refractivity contribution in [1.29, 1.82) is 0 Å². The summed E-state index contributed by atoms with van der Waals surface area (Å²) in [7, 11) is 0. The van der Waals surface area contributed by atoms with Crippen molar-refractivity contribution in [2.24, 2.45) is 0 Å². The number of hydrogen-bond donors (Lipinski definition) is 2. The quantitative estimate of drug-likeness (QED) is 0.907. The number of aryl methyl sites for hydroxylation is 1. The Bertz CT molecular complexity index is 697. The number of carboxylic acids is 1. The molecule has 20 heavy (non-hydrogen) atoms. The van der Waals surface area contributed by atoms with Crippen LogP contribution in [0.3, 0.4) is 0 Å². The summed E-state index contributed by atoms with van der Waals surface area (Å²) in [5.74, 6) is -1.93. The molecule has 1 aromatic carbocycles.